The smallest absolute Gasteiger partial charge is 0.108 e. The van der Waals surface area contributed by atoms with Crippen molar-refractivity contribution in [2.45, 2.75) is 82.0 Å². The van der Waals surface area contributed by atoms with Crippen LogP contribution in [0.4, 0.5) is 0 Å². The van der Waals surface area contributed by atoms with Crippen LogP contribution in [-0.4, -0.2) is 27.0 Å². The minimum absolute atomic E-state index is 0.0709. The predicted octanol–water partition coefficient (Wildman–Crippen LogP) is 4.38. The second-order valence-corrected chi connectivity index (χ2v) is 8.60. The van der Waals surface area contributed by atoms with E-state index in [1.807, 2.05) is 24.3 Å². The predicted molar refractivity (Wildman–Crippen MR) is 109 cm³/mol. The highest BCUT2D eigenvalue weighted by atomic mass is 16.3. The van der Waals surface area contributed by atoms with Crippen molar-refractivity contribution in [1.29, 1.82) is 5.26 Å². The first-order chi connectivity index (χ1) is 13.5. The molecule has 2 saturated carbocycles. The average molecular weight is 384 g/mol. The molecule has 4 nitrogen and oxygen atoms in total. The molecule has 3 rings (SSSR count). The molecule has 1 aromatic carbocycles. The highest BCUT2D eigenvalue weighted by molar-refractivity contribution is 5.31. The van der Waals surface area contributed by atoms with Gasteiger partial charge in [0.2, 0.25) is 0 Å². The van der Waals surface area contributed by atoms with Gasteiger partial charge < -0.3 is 15.3 Å². The van der Waals surface area contributed by atoms with Gasteiger partial charge in [-0.25, -0.2) is 0 Å². The van der Waals surface area contributed by atoms with Crippen LogP contribution in [-0.2, 0) is 0 Å². The molecule has 0 spiro atoms. The Morgan fingerprint density at radius 3 is 2.54 bits per heavy atom. The molecule has 0 aliphatic heterocycles. The summed E-state index contributed by atoms with van der Waals surface area (Å²) in [5.41, 5.74) is 0.728. The molecule has 0 heterocycles. The molecular weight excluding hydrogens is 350 g/mol. The van der Waals surface area contributed by atoms with Gasteiger partial charge >= 0.3 is 0 Å². The Hall–Kier alpha value is -1.67. The maximum Gasteiger partial charge on any atom is 0.108 e. The van der Waals surface area contributed by atoms with Gasteiger partial charge in [-0.1, -0.05) is 56.2 Å². The van der Waals surface area contributed by atoms with Crippen LogP contribution >= 0.6 is 0 Å². The molecule has 3 N–H and O–H groups in total. The van der Waals surface area contributed by atoms with E-state index in [4.69, 9.17) is 0 Å². The van der Waals surface area contributed by atoms with Gasteiger partial charge in [-0.2, -0.15) is 5.26 Å². The molecular formula is C24H33NO3. The van der Waals surface area contributed by atoms with Crippen molar-refractivity contribution in [1.82, 2.24) is 0 Å². The number of unbranched alkanes of at least 4 members (excludes halogenated alkanes) is 2. The zero-order chi connectivity index (χ0) is 20.1. The van der Waals surface area contributed by atoms with E-state index >= 15 is 0 Å². The number of rotatable bonds is 8. The number of benzene rings is 1. The first-order valence-corrected chi connectivity index (χ1v) is 10.7. The molecule has 1 aromatic rings. The van der Waals surface area contributed by atoms with Crippen LogP contribution < -0.4 is 0 Å². The molecule has 4 heteroatoms. The highest BCUT2D eigenvalue weighted by Crippen LogP contribution is 2.46. The molecule has 3 unspecified atom stereocenters. The van der Waals surface area contributed by atoms with E-state index in [1.54, 1.807) is 0 Å². The molecule has 2 fully saturated rings. The summed E-state index contributed by atoms with van der Waals surface area (Å²) in [6.45, 7) is 2.17. The van der Waals surface area contributed by atoms with E-state index < -0.39 is 17.8 Å². The summed E-state index contributed by atoms with van der Waals surface area (Å²) in [5.74, 6) is -0.111. The lowest BCUT2D eigenvalue weighted by atomic mass is 9.73. The van der Waals surface area contributed by atoms with Gasteiger partial charge in [0.15, 0.2) is 0 Å². The number of aliphatic hydroxyl groups is 3. The molecule has 152 valence electrons. The Kier molecular flexibility index (Phi) is 6.93. The van der Waals surface area contributed by atoms with Crippen LogP contribution in [0.1, 0.15) is 81.4 Å². The van der Waals surface area contributed by atoms with E-state index in [-0.39, 0.29) is 17.8 Å². The van der Waals surface area contributed by atoms with Crippen molar-refractivity contribution in [3.8, 4) is 6.07 Å². The van der Waals surface area contributed by atoms with Gasteiger partial charge in [-0.15, -0.1) is 0 Å². The summed E-state index contributed by atoms with van der Waals surface area (Å²) >= 11 is 0. The normalized spacial score (nSPS) is 30.1. The summed E-state index contributed by atoms with van der Waals surface area (Å²) in [6.07, 6.45) is 9.89. The van der Waals surface area contributed by atoms with Crippen molar-refractivity contribution < 1.29 is 15.3 Å². The molecule has 28 heavy (non-hydrogen) atoms. The first-order valence-electron chi connectivity index (χ1n) is 10.7. The van der Waals surface area contributed by atoms with E-state index in [2.05, 4.69) is 25.1 Å². The summed E-state index contributed by atoms with van der Waals surface area (Å²) in [4.78, 5) is 0. The SMILES string of the molecule is CCCC/C=C\CC1C(c2ccc(C(O)C3(O)CCC3)cc2)[C@H](O)C[C@H]1C#N. The van der Waals surface area contributed by atoms with Crippen LogP contribution in [0.25, 0.3) is 0 Å². The van der Waals surface area contributed by atoms with Crippen molar-refractivity contribution in [2.24, 2.45) is 11.8 Å². The lowest BCUT2D eigenvalue weighted by Gasteiger charge is -2.40. The van der Waals surface area contributed by atoms with Gasteiger partial charge in [0, 0.05) is 5.92 Å². The largest absolute Gasteiger partial charge is 0.392 e. The molecule has 0 amide bonds. The maximum atomic E-state index is 10.6. The monoisotopic (exact) mass is 383 g/mol. The van der Waals surface area contributed by atoms with Crippen molar-refractivity contribution in [3.63, 3.8) is 0 Å². The molecule has 2 aliphatic carbocycles. The van der Waals surface area contributed by atoms with Gasteiger partial charge in [0.25, 0.3) is 0 Å². The standard InChI is InChI=1S/C24H33NO3/c1-2-3-4-5-6-8-20-19(16-25)15-21(26)22(20)17-9-11-18(12-10-17)23(27)24(28)13-7-14-24/h5-6,9-12,19-23,26-28H,2-4,7-8,13-15H2,1H3/b6-5-/t19-,20?,21+,22?,23?/m0/s1. The second kappa shape index (κ2) is 9.22. The Labute approximate surface area is 168 Å². The Balaban J connectivity index is 1.73. The molecule has 2 aliphatic rings. The molecule has 0 saturated heterocycles. The molecule has 0 aromatic heterocycles. The van der Waals surface area contributed by atoms with Gasteiger partial charge in [0.1, 0.15) is 6.10 Å². The number of hydrogen-bond donors (Lipinski definition) is 3. The Morgan fingerprint density at radius 2 is 1.96 bits per heavy atom. The fourth-order valence-corrected chi connectivity index (χ4v) is 4.76. The highest BCUT2D eigenvalue weighted by Gasteiger charge is 2.44. The number of nitrogens with zero attached hydrogens (tertiary/aromatic N) is 1. The number of nitriles is 1. The molecule has 0 radical (unpaired) electrons. The summed E-state index contributed by atoms with van der Waals surface area (Å²) < 4.78 is 0. The number of aliphatic hydroxyl groups excluding tert-OH is 2. The van der Waals surface area contributed by atoms with E-state index in [1.165, 1.54) is 12.8 Å². The lowest BCUT2D eigenvalue weighted by molar-refractivity contribution is -0.127. The van der Waals surface area contributed by atoms with Crippen LogP contribution in [0.2, 0.25) is 0 Å². The third-order valence-corrected chi connectivity index (χ3v) is 6.72. The molecule has 0 bridgehead atoms. The quantitative estimate of drug-likeness (QED) is 0.459. The molecule has 5 atom stereocenters. The van der Waals surface area contributed by atoms with Gasteiger partial charge in [-0.3, -0.25) is 0 Å². The van der Waals surface area contributed by atoms with Crippen molar-refractivity contribution in [2.75, 3.05) is 0 Å². The zero-order valence-electron chi connectivity index (χ0n) is 16.8. The van der Waals surface area contributed by atoms with Crippen LogP contribution in [0.5, 0.6) is 0 Å². The minimum atomic E-state index is -0.994. The summed E-state index contributed by atoms with van der Waals surface area (Å²) in [7, 11) is 0. The fourth-order valence-electron chi connectivity index (χ4n) is 4.76. The van der Waals surface area contributed by atoms with Crippen molar-refractivity contribution >= 4 is 0 Å². The van der Waals surface area contributed by atoms with E-state index in [0.29, 0.717) is 24.8 Å². The summed E-state index contributed by atoms with van der Waals surface area (Å²) in [6, 6.07) is 10.0. The van der Waals surface area contributed by atoms with Crippen molar-refractivity contribution in [3.05, 3.63) is 47.5 Å². The van der Waals surface area contributed by atoms with E-state index in [9.17, 15) is 20.6 Å². The summed E-state index contributed by atoms with van der Waals surface area (Å²) in [5, 5.41) is 41.1. The average Bonchev–Trinajstić information content (AvgIpc) is 3.01. The van der Waals surface area contributed by atoms with Crippen LogP contribution in [0.15, 0.2) is 36.4 Å². The third-order valence-electron chi connectivity index (χ3n) is 6.72. The van der Waals surface area contributed by atoms with E-state index in [0.717, 1.165) is 24.8 Å². The number of allylic oxidation sites excluding steroid dienone is 2. The van der Waals surface area contributed by atoms with Gasteiger partial charge in [-0.05, 0) is 55.6 Å². The maximum absolute atomic E-state index is 10.6. The van der Waals surface area contributed by atoms with Gasteiger partial charge in [0.05, 0.1) is 23.7 Å². The zero-order valence-corrected chi connectivity index (χ0v) is 16.8. The minimum Gasteiger partial charge on any atom is -0.392 e. The lowest BCUT2D eigenvalue weighted by Crippen LogP contribution is -2.43. The topological polar surface area (TPSA) is 84.5 Å². The first kappa shape index (κ1) is 21.0. The third kappa shape index (κ3) is 4.33. The van der Waals surface area contributed by atoms with Crippen LogP contribution in [0, 0.1) is 23.2 Å². The fraction of sp³-hybridized carbons (Fsp3) is 0.625. The van der Waals surface area contributed by atoms with Crippen LogP contribution in [0.3, 0.4) is 0 Å². The second-order valence-electron chi connectivity index (χ2n) is 8.60. The number of hydrogen-bond acceptors (Lipinski definition) is 4. The Bertz CT molecular complexity index is 702. The Morgan fingerprint density at radius 1 is 1.25 bits per heavy atom.